The van der Waals surface area contributed by atoms with E-state index in [4.69, 9.17) is 16.3 Å². The molecule has 0 unspecified atom stereocenters. The number of ether oxygens (including phenoxy) is 1. The van der Waals surface area contributed by atoms with Gasteiger partial charge in [0.05, 0.1) is 12.8 Å². The standard InChI is InChI=1S/C9H6BrClF3NO/c1-16-5-2-3-7(6(10)4-5)15-8(11)9(12,13)14/h2-4H,1H3. The molecule has 0 aliphatic carbocycles. The third-order valence-corrected chi connectivity index (χ3v) is 2.54. The summed E-state index contributed by atoms with van der Waals surface area (Å²) < 4.78 is 41.6. The Morgan fingerprint density at radius 2 is 2.06 bits per heavy atom. The molecule has 0 radical (unpaired) electrons. The summed E-state index contributed by atoms with van der Waals surface area (Å²) in [6.45, 7) is 0. The second-order valence-corrected chi connectivity index (χ2v) is 3.93. The van der Waals surface area contributed by atoms with Gasteiger partial charge in [0, 0.05) is 4.47 Å². The highest BCUT2D eigenvalue weighted by Gasteiger charge is 2.34. The van der Waals surface area contributed by atoms with Gasteiger partial charge in [-0.2, -0.15) is 13.2 Å². The van der Waals surface area contributed by atoms with Crippen LogP contribution in [0.25, 0.3) is 0 Å². The molecule has 0 bridgehead atoms. The van der Waals surface area contributed by atoms with Crippen molar-refractivity contribution in [2.75, 3.05) is 7.11 Å². The number of alkyl halides is 3. The lowest BCUT2D eigenvalue weighted by Gasteiger charge is -2.05. The first-order chi connectivity index (χ1) is 7.34. The maximum atomic E-state index is 12.1. The average Bonchev–Trinajstić information content (AvgIpc) is 2.19. The van der Waals surface area contributed by atoms with Gasteiger partial charge in [0.25, 0.3) is 0 Å². The van der Waals surface area contributed by atoms with Crippen LogP contribution in [0.3, 0.4) is 0 Å². The molecule has 1 aromatic carbocycles. The lowest BCUT2D eigenvalue weighted by atomic mass is 10.3. The number of nitrogens with zero attached hydrogens (tertiary/aromatic N) is 1. The smallest absolute Gasteiger partial charge is 0.444 e. The normalized spacial score (nSPS) is 12.8. The first kappa shape index (κ1) is 13.3. The predicted molar refractivity (Wildman–Crippen MR) is 59.7 cm³/mol. The summed E-state index contributed by atoms with van der Waals surface area (Å²) in [5, 5.41) is -1.42. The van der Waals surface area contributed by atoms with Gasteiger partial charge in [-0.3, -0.25) is 0 Å². The van der Waals surface area contributed by atoms with Crippen LogP contribution in [-0.4, -0.2) is 18.5 Å². The van der Waals surface area contributed by atoms with Crippen molar-refractivity contribution in [2.24, 2.45) is 4.99 Å². The van der Waals surface area contributed by atoms with E-state index in [1.54, 1.807) is 0 Å². The van der Waals surface area contributed by atoms with Crippen molar-refractivity contribution in [3.63, 3.8) is 0 Å². The van der Waals surface area contributed by atoms with Crippen LogP contribution in [0.1, 0.15) is 0 Å². The van der Waals surface area contributed by atoms with Crippen LogP contribution in [0.5, 0.6) is 5.75 Å². The topological polar surface area (TPSA) is 21.6 Å². The molecule has 0 aromatic heterocycles. The largest absolute Gasteiger partial charge is 0.497 e. The van der Waals surface area contributed by atoms with Crippen LogP contribution >= 0.6 is 27.5 Å². The SMILES string of the molecule is COc1ccc(N=C(Cl)C(F)(F)F)c(Br)c1. The van der Waals surface area contributed by atoms with Crippen LogP contribution in [0.2, 0.25) is 0 Å². The van der Waals surface area contributed by atoms with E-state index in [0.717, 1.165) is 0 Å². The molecule has 0 aliphatic rings. The number of hydrogen-bond acceptors (Lipinski definition) is 2. The van der Waals surface area contributed by atoms with Crippen molar-refractivity contribution in [3.8, 4) is 5.75 Å². The van der Waals surface area contributed by atoms with E-state index >= 15 is 0 Å². The third-order valence-electron chi connectivity index (χ3n) is 1.61. The predicted octanol–water partition coefficient (Wildman–Crippen LogP) is 4.29. The molecule has 7 heteroatoms. The van der Waals surface area contributed by atoms with Crippen LogP contribution < -0.4 is 4.74 Å². The van der Waals surface area contributed by atoms with Crippen molar-refractivity contribution in [3.05, 3.63) is 22.7 Å². The van der Waals surface area contributed by atoms with E-state index in [2.05, 4.69) is 20.9 Å². The molecule has 88 valence electrons. The Morgan fingerprint density at radius 1 is 1.44 bits per heavy atom. The first-order valence-corrected chi connectivity index (χ1v) is 5.16. The minimum absolute atomic E-state index is 0.0862. The summed E-state index contributed by atoms with van der Waals surface area (Å²) >= 11 is 8.08. The van der Waals surface area contributed by atoms with Crippen LogP contribution in [0.4, 0.5) is 18.9 Å². The molecule has 0 saturated heterocycles. The van der Waals surface area contributed by atoms with E-state index in [1.807, 2.05) is 0 Å². The highest BCUT2D eigenvalue weighted by molar-refractivity contribution is 9.10. The number of benzene rings is 1. The zero-order valence-electron chi connectivity index (χ0n) is 7.98. The van der Waals surface area contributed by atoms with Gasteiger partial charge in [0.2, 0.25) is 5.17 Å². The van der Waals surface area contributed by atoms with Crippen LogP contribution in [0.15, 0.2) is 27.7 Å². The molecule has 1 aromatic rings. The first-order valence-electron chi connectivity index (χ1n) is 3.99. The molecule has 0 heterocycles. The molecule has 2 nitrogen and oxygen atoms in total. The average molecular weight is 317 g/mol. The fourth-order valence-corrected chi connectivity index (χ4v) is 1.41. The lowest BCUT2D eigenvalue weighted by molar-refractivity contribution is -0.0558. The van der Waals surface area contributed by atoms with E-state index in [-0.39, 0.29) is 5.69 Å². The lowest BCUT2D eigenvalue weighted by Crippen LogP contribution is -2.16. The third kappa shape index (κ3) is 3.38. The van der Waals surface area contributed by atoms with Crippen molar-refractivity contribution in [1.29, 1.82) is 0 Å². The number of halogens is 5. The molecule has 0 spiro atoms. The number of aliphatic imine (C=N–C) groups is 1. The van der Waals surface area contributed by atoms with E-state index < -0.39 is 11.3 Å². The molecule has 0 atom stereocenters. The summed E-state index contributed by atoms with van der Waals surface area (Å²) in [6.07, 6.45) is -4.64. The monoisotopic (exact) mass is 315 g/mol. The highest BCUT2D eigenvalue weighted by Crippen LogP contribution is 2.32. The van der Waals surface area contributed by atoms with Crippen molar-refractivity contribution in [1.82, 2.24) is 0 Å². The van der Waals surface area contributed by atoms with Gasteiger partial charge in [-0.1, -0.05) is 11.6 Å². The molecule has 0 aliphatic heterocycles. The Kier molecular flexibility index (Phi) is 4.21. The molecule has 0 fully saturated rings. The van der Waals surface area contributed by atoms with Crippen molar-refractivity contribution in [2.45, 2.75) is 6.18 Å². The molecule has 0 saturated carbocycles. The Morgan fingerprint density at radius 3 is 2.50 bits per heavy atom. The van der Waals surface area contributed by atoms with Gasteiger partial charge in [0.1, 0.15) is 5.75 Å². The number of methoxy groups -OCH3 is 1. The fraction of sp³-hybridized carbons (Fsp3) is 0.222. The quantitative estimate of drug-likeness (QED) is 0.746. The van der Waals surface area contributed by atoms with Gasteiger partial charge in [0.15, 0.2) is 0 Å². The fourth-order valence-electron chi connectivity index (χ4n) is 0.874. The Balaban J connectivity index is 3.07. The second-order valence-electron chi connectivity index (χ2n) is 2.72. The molecular formula is C9H6BrClF3NO. The minimum atomic E-state index is -4.64. The van der Waals surface area contributed by atoms with E-state index in [0.29, 0.717) is 10.2 Å². The van der Waals surface area contributed by atoms with Crippen molar-refractivity contribution >= 4 is 38.4 Å². The maximum absolute atomic E-state index is 12.1. The summed E-state index contributed by atoms with van der Waals surface area (Å²) in [4.78, 5) is 3.26. The summed E-state index contributed by atoms with van der Waals surface area (Å²) in [7, 11) is 1.45. The number of hydrogen-bond donors (Lipinski definition) is 0. The zero-order chi connectivity index (χ0) is 12.3. The Labute approximate surface area is 103 Å². The summed E-state index contributed by atoms with van der Waals surface area (Å²) in [5.74, 6) is 0.508. The van der Waals surface area contributed by atoms with Gasteiger partial charge < -0.3 is 4.74 Å². The van der Waals surface area contributed by atoms with Gasteiger partial charge >= 0.3 is 6.18 Å². The van der Waals surface area contributed by atoms with Crippen LogP contribution in [0, 0.1) is 0 Å². The number of rotatable bonds is 2. The van der Waals surface area contributed by atoms with Gasteiger partial charge in [-0.05, 0) is 34.1 Å². The highest BCUT2D eigenvalue weighted by atomic mass is 79.9. The van der Waals surface area contributed by atoms with Crippen LogP contribution in [-0.2, 0) is 0 Å². The van der Waals surface area contributed by atoms with E-state index in [1.165, 1.54) is 25.3 Å². The van der Waals surface area contributed by atoms with Gasteiger partial charge in [-0.25, -0.2) is 4.99 Å². The molecular weight excluding hydrogens is 310 g/mol. The van der Waals surface area contributed by atoms with Gasteiger partial charge in [-0.15, -0.1) is 0 Å². The molecule has 16 heavy (non-hydrogen) atoms. The minimum Gasteiger partial charge on any atom is -0.497 e. The Hall–Kier alpha value is -0.750. The molecule has 1 rings (SSSR count). The summed E-state index contributed by atoms with van der Waals surface area (Å²) in [5.41, 5.74) is 0.0862. The maximum Gasteiger partial charge on any atom is 0.444 e. The summed E-state index contributed by atoms with van der Waals surface area (Å²) in [6, 6.07) is 4.36. The second kappa shape index (κ2) is 5.05. The Bertz CT molecular complexity index is 420. The van der Waals surface area contributed by atoms with E-state index in [9.17, 15) is 13.2 Å². The zero-order valence-corrected chi connectivity index (χ0v) is 10.3. The molecule has 0 amide bonds. The molecule has 0 N–H and O–H groups in total. The van der Waals surface area contributed by atoms with Crippen molar-refractivity contribution < 1.29 is 17.9 Å².